The molecule has 1 N–H and O–H groups in total. The highest BCUT2D eigenvalue weighted by Gasteiger charge is 2.12. The lowest BCUT2D eigenvalue weighted by Crippen LogP contribution is -2.05. The molecule has 1 aliphatic carbocycles. The second kappa shape index (κ2) is 11.1. The zero-order valence-electron chi connectivity index (χ0n) is 11.6. The molecule has 1 saturated carbocycles. The van der Waals surface area contributed by atoms with E-state index < -0.39 is 0 Å². The molecule has 1 heteroatoms. The second-order valence-corrected chi connectivity index (χ2v) is 5.84. The van der Waals surface area contributed by atoms with Gasteiger partial charge in [-0.25, -0.2) is 0 Å². The van der Waals surface area contributed by atoms with Gasteiger partial charge in [-0.3, -0.25) is 0 Å². The minimum Gasteiger partial charge on any atom is -0.396 e. The summed E-state index contributed by atoms with van der Waals surface area (Å²) < 4.78 is 0. The van der Waals surface area contributed by atoms with Crippen molar-refractivity contribution in [2.24, 2.45) is 5.92 Å². The fraction of sp³-hybridized carbons (Fsp3) is 1.00. The van der Waals surface area contributed by atoms with Crippen molar-refractivity contribution < 1.29 is 5.11 Å². The first-order chi connectivity index (χ1) is 8.43. The molecule has 102 valence electrons. The highest BCUT2D eigenvalue weighted by atomic mass is 16.2. The zero-order valence-corrected chi connectivity index (χ0v) is 11.6. The topological polar surface area (TPSA) is 20.2 Å². The lowest BCUT2D eigenvalue weighted by atomic mass is 9.85. The van der Waals surface area contributed by atoms with Crippen molar-refractivity contribution in [2.45, 2.75) is 89.9 Å². The third kappa shape index (κ3) is 8.65. The number of rotatable bonds is 10. The molecule has 0 bridgehead atoms. The van der Waals surface area contributed by atoms with Gasteiger partial charge in [0.05, 0.1) is 0 Å². The van der Waals surface area contributed by atoms with E-state index in [1.807, 2.05) is 0 Å². The molecule has 0 heterocycles. The molecular formula is C16H32O. The van der Waals surface area contributed by atoms with Crippen LogP contribution in [-0.4, -0.2) is 11.7 Å². The van der Waals surface area contributed by atoms with E-state index in [9.17, 15) is 0 Å². The SMILES string of the molecule is OCCCCCCCCCCC1CCCCC1. The summed E-state index contributed by atoms with van der Waals surface area (Å²) in [5.41, 5.74) is 0. The van der Waals surface area contributed by atoms with Gasteiger partial charge in [-0.2, -0.15) is 0 Å². The Morgan fingerprint density at radius 3 is 1.76 bits per heavy atom. The molecule has 0 atom stereocenters. The third-order valence-electron chi connectivity index (χ3n) is 4.25. The normalized spacial score (nSPS) is 17.5. The van der Waals surface area contributed by atoms with Gasteiger partial charge in [0, 0.05) is 6.61 Å². The van der Waals surface area contributed by atoms with Gasteiger partial charge in [0.25, 0.3) is 0 Å². The largest absolute Gasteiger partial charge is 0.396 e. The van der Waals surface area contributed by atoms with Crippen LogP contribution in [0, 0.1) is 5.92 Å². The van der Waals surface area contributed by atoms with E-state index in [0.29, 0.717) is 6.61 Å². The van der Waals surface area contributed by atoms with E-state index in [1.54, 1.807) is 0 Å². The number of aliphatic hydroxyl groups excluding tert-OH is 1. The van der Waals surface area contributed by atoms with Gasteiger partial charge in [-0.1, -0.05) is 83.5 Å². The predicted octanol–water partition coefficient (Wildman–Crippen LogP) is 5.07. The van der Waals surface area contributed by atoms with Gasteiger partial charge in [-0.15, -0.1) is 0 Å². The first-order valence-electron chi connectivity index (χ1n) is 8.04. The molecule has 1 rings (SSSR count). The van der Waals surface area contributed by atoms with Crippen LogP contribution in [0.1, 0.15) is 89.9 Å². The average Bonchev–Trinajstić information content (AvgIpc) is 2.38. The van der Waals surface area contributed by atoms with Gasteiger partial charge < -0.3 is 5.11 Å². The fourth-order valence-corrected chi connectivity index (χ4v) is 3.08. The van der Waals surface area contributed by atoms with Crippen LogP contribution in [-0.2, 0) is 0 Å². The van der Waals surface area contributed by atoms with Crippen LogP contribution in [0.15, 0.2) is 0 Å². The molecule has 0 spiro atoms. The first-order valence-corrected chi connectivity index (χ1v) is 8.04. The second-order valence-electron chi connectivity index (χ2n) is 5.84. The van der Waals surface area contributed by atoms with E-state index in [4.69, 9.17) is 5.11 Å². The molecule has 0 radical (unpaired) electrons. The number of aliphatic hydroxyl groups is 1. The Bertz CT molecular complexity index is 150. The lowest BCUT2D eigenvalue weighted by molar-refractivity contribution is 0.282. The fourth-order valence-electron chi connectivity index (χ4n) is 3.08. The highest BCUT2D eigenvalue weighted by Crippen LogP contribution is 2.28. The van der Waals surface area contributed by atoms with Crippen LogP contribution >= 0.6 is 0 Å². The van der Waals surface area contributed by atoms with Gasteiger partial charge in [0.2, 0.25) is 0 Å². The maximum atomic E-state index is 8.66. The maximum Gasteiger partial charge on any atom is 0.0431 e. The third-order valence-corrected chi connectivity index (χ3v) is 4.25. The molecule has 1 fully saturated rings. The van der Waals surface area contributed by atoms with Crippen molar-refractivity contribution >= 4 is 0 Å². The summed E-state index contributed by atoms with van der Waals surface area (Å²) in [6.45, 7) is 0.376. The van der Waals surface area contributed by atoms with Crippen LogP contribution in [0.5, 0.6) is 0 Å². The van der Waals surface area contributed by atoms with Crippen molar-refractivity contribution in [3.63, 3.8) is 0 Å². The number of hydrogen-bond acceptors (Lipinski definition) is 1. The van der Waals surface area contributed by atoms with Crippen LogP contribution in [0.3, 0.4) is 0 Å². The number of unbranched alkanes of at least 4 members (excludes halogenated alkanes) is 7. The van der Waals surface area contributed by atoms with Gasteiger partial charge >= 0.3 is 0 Å². The smallest absolute Gasteiger partial charge is 0.0431 e. The Morgan fingerprint density at radius 2 is 1.18 bits per heavy atom. The van der Waals surface area contributed by atoms with Crippen molar-refractivity contribution in [2.75, 3.05) is 6.61 Å². The summed E-state index contributed by atoms with van der Waals surface area (Å²) in [5, 5.41) is 8.66. The molecule has 0 aliphatic heterocycles. The molecule has 0 saturated heterocycles. The van der Waals surface area contributed by atoms with Gasteiger partial charge in [0.15, 0.2) is 0 Å². The van der Waals surface area contributed by atoms with Crippen molar-refractivity contribution in [3.05, 3.63) is 0 Å². The Labute approximate surface area is 108 Å². The molecule has 17 heavy (non-hydrogen) atoms. The summed E-state index contributed by atoms with van der Waals surface area (Å²) in [5.74, 6) is 1.08. The quantitative estimate of drug-likeness (QED) is 0.529. The van der Waals surface area contributed by atoms with E-state index in [0.717, 1.165) is 12.3 Å². The highest BCUT2D eigenvalue weighted by molar-refractivity contribution is 4.65. The minimum absolute atomic E-state index is 0.376. The van der Waals surface area contributed by atoms with E-state index in [-0.39, 0.29) is 0 Å². The first kappa shape index (κ1) is 15.0. The summed E-state index contributed by atoms with van der Waals surface area (Å²) in [6.07, 6.45) is 19.7. The van der Waals surface area contributed by atoms with Crippen LogP contribution in [0.4, 0.5) is 0 Å². The zero-order chi connectivity index (χ0) is 12.2. The molecule has 1 nitrogen and oxygen atoms in total. The van der Waals surface area contributed by atoms with E-state index >= 15 is 0 Å². The molecule has 0 amide bonds. The molecular weight excluding hydrogens is 208 g/mol. The molecule has 0 aromatic rings. The Balaban J connectivity index is 1.75. The molecule has 0 aromatic carbocycles. The van der Waals surface area contributed by atoms with E-state index in [1.165, 1.54) is 83.5 Å². The van der Waals surface area contributed by atoms with Gasteiger partial charge in [-0.05, 0) is 12.3 Å². The summed E-state index contributed by atoms with van der Waals surface area (Å²) >= 11 is 0. The Hall–Kier alpha value is -0.0400. The predicted molar refractivity (Wildman–Crippen MR) is 75.2 cm³/mol. The average molecular weight is 240 g/mol. The van der Waals surface area contributed by atoms with Crippen LogP contribution in [0.2, 0.25) is 0 Å². The minimum atomic E-state index is 0.376. The monoisotopic (exact) mass is 240 g/mol. The summed E-state index contributed by atoms with van der Waals surface area (Å²) in [6, 6.07) is 0. The van der Waals surface area contributed by atoms with E-state index in [2.05, 4.69) is 0 Å². The lowest BCUT2D eigenvalue weighted by Gasteiger charge is -2.21. The standard InChI is InChI=1S/C16H32O/c17-15-11-6-4-2-1-3-5-8-12-16-13-9-7-10-14-16/h16-17H,1-15H2. The molecule has 0 aromatic heterocycles. The van der Waals surface area contributed by atoms with Crippen molar-refractivity contribution in [3.8, 4) is 0 Å². The van der Waals surface area contributed by atoms with Crippen molar-refractivity contribution in [1.29, 1.82) is 0 Å². The summed E-state index contributed by atoms with van der Waals surface area (Å²) in [4.78, 5) is 0. The van der Waals surface area contributed by atoms with Crippen LogP contribution < -0.4 is 0 Å². The maximum absolute atomic E-state index is 8.66. The van der Waals surface area contributed by atoms with Crippen molar-refractivity contribution in [1.82, 2.24) is 0 Å². The molecule has 1 aliphatic rings. The molecule has 0 unspecified atom stereocenters. The Kier molecular flexibility index (Phi) is 9.78. The van der Waals surface area contributed by atoms with Crippen LogP contribution in [0.25, 0.3) is 0 Å². The number of hydrogen-bond donors (Lipinski definition) is 1. The summed E-state index contributed by atoms with van der Waals surface area (Å²) in [7, 11) is 0. The van der Waals surface area contributed by atoms with Gasteiger partial charge in [0.1, 0.15) is 0 Å². The Morgan fingerprint density at radius 1 is 0.647 bits per heavy atom.